The first kappa shape index (κ1) is 12.6. The van der Waals surface area contributed by atoms with Gasteiger partial charge in [0.05, 0.1) is 12.3 Å². The number of nitrogens with zero attached hydrogens (tertiary/aromatic N) is 4. The Bertz CT molecular complexity index is 555. The molecule has 0 aliphatic rings. The molecule has 18 heavy (non-hydrogen) atoms. The first-order valence-electron chi connectivity index (χ1n) is 5.32. The summed E-state index contributed by atoms with van der Waals surface area (Å²) in [7, 11) is 0. The van der Waals surface area contributed by atoms with Gasteiger partial charge < -0.3 is 5.11 Å². The highest BCUT2D eigenvalue weighted by Crippen LogP contribution is 2.16. The summed E-state index contributed by atoms with van der Waals surface area (Å²) in [6.45, 7) is 2.56. The number of hydrogen-bond donors (Lipinski definition) is 1. The molecule has 0 bridgehead atoms. The lowest BCUT2D eigenvalue weighted by atomic mass is 10.1. The second-order valence-electron chi connectivity index (χ2n) is 3.73. The van der Waals surface area contributed by atoms with Gasteiger partial charge in [-0.05, 0) is 28.5 Å². The maximum atomic E-state index is 10.5. The number of thioether (sulfide) groups is 1. The van der Waals surface area contributed by atoms with Gasteiger partial charge in [0.15, 0.2) is 0 Å². The molecule has 2 aromatic rings. The Balaban J connectivity index is 2.12. The van der Waals surface area contributed by atoms with Gasteiger partial charge in [-0.15, -0.1) is 5.10 Å². The van der Waals surface area contributed by atoms with E-state index >= 15 is 0 Å². The van der Waals surface area contributed by atoms with Crippen LogP contribution in [-0.2, 0) is 11.3 Å². The Morgan fingerprint density at radius 3 is 2.94 bits per heavy atom. The Morgan fingerprint density at radius 2 is 2.22 bits per heavy atom. The third kappa shape index (κ3) is 3.07. The van der Waals surface area contributed by atoms with Gasteiger partial charge in [0, 0.05) is 0 Å². The van der Waals surface area contributed by atoms with Crippen LogP contribution < -0.4 is 0 Å². The van der Waals surface area contributed by atoms with E-state index in [0.717, 1.165) is 22.9 Å². The molecule has 0 saturated heterocycles. The van der Waals surface area contributed by atoms with Gasteiger partial charge in [-0.25, -0.2) is 4.68 Å². The number of hydrogen-bond acceptors (Lipinski definition) is 5. The van der Waals surface area contributed by atoms with Gasteiger partial charge in [-0.2, -0.15) is 0 Å². The van der Waals surface area contributed by atoms with Crippen molar-refractivity contribution in [2.45, 2.75) is 18.6 Å². The summed E-state index contributed by atoms with van der Waals surface area (Å²) in [5, 5.41) is 20.4. The van der Waals surface area contributed by atoms with E-state index in [-0.39, 0.29) is 5.75 Å². The number of aromatic nitrogens is 4. The number of benzene rings is 1. The molecule has 0 atom stereocenters. The van der Waals surface area contributed by atoms with Gasteiger partial charge in [-0.3, -0.25) is 4.79 Å². The lowest BCUT2D eigenvalue weighted by Crippen LogP contribution is -2.07. The third-order valence-electron chi connectivity index (χ3n) is 2.41. The normalized spacial score (nSPS) is 10.5. The minimum atomic E-state index is -0.884. The van der Waals surface area contributed by atoms with E-state index in [1.165, 1.54) is 0 Å². The lowest BCUT2D eigenvalue weighted by Gasteiger charge is -2.06. The third-order valence-corrected chi connectivity index (χ3v) is 3.35. The molecule has 6 nitrogen and oxygen atoms in total. The van der Waals surface area contributed by atoms with E-state index in [1.54, 1.807) is 4.68 Å². The van der Waals surface area contributed by atoms with Crippen LogP contribution in [0.15, 0.2) is 29.4 Å². The minimum Gasteiger partial charge on any atom is -0.481 e. The van der Waals surface area contributed by atoms with Crippen LogP contribution >= 0.6 is 11.8 Å². The summed E-state index contributed by atoms with van der Waals surface area (Å²) in [5.41, 5.74) is 2.27. The molecule has 2 rings (SSSR count). The smallest absolute Gasteiger partial charge is 0.313 e. The second kappa shape index (κ2) is 5.63. The number of aryl methyl sites for hydroxylation is 1. The Kier molecular flexibility index (Phi) is 3.93. The highest BCUT2D eigenvalue weighted by atomic mass is 32.2. The molecule has 0 fully saturated rings. The number of tetrazole rings is 1. The summed E-state index contributed by atoms with van der Waals surface area (Å²) in [4.78, 5) is 10.5. The predicted molar refractivity (Wildman–Crippen MR) is 66.5 cm³/mol. The van der Waals surface area contributed by atoms with E-state index in [1.807, 2.05) is 31.2 Å². The molecule has 1 N–H and O–H groups in total. The van der Waals surface area contributed by atoms with Gasteiger partial charge >= 0.3 is 5.97 Å². The molecule has 0 amide bonds. The molecule has 1 aromatic heterocycles. The van der Waals surface area contributed by atoms with Crippen LogP contribution in [0.3, 0.4) is 0 Å². The van der Waals surface area contributed by atoms with Crippen LogP contribution in [0.5, 0.6) is 0 Å². The summed E-state index contributed by atoms with van der Waals surface area (Å²) in [6.07, 6.45) is 0. The fourth-order valence-corrected chi connectivity index (χ4v) is 2.07. The summed E-state index contributed by atoms with van der Waals surface area (Å²) in [5.74, 6) is -0.931. The molecule has 7 heteroatoms. The van der Waals surface area contributed by atoms with Crippen molar-refractivity contribution < 1.29 is 9.90 Å². The highest BCUT2D eigenvalue weighted by molar-refractivity contribution is 7.99. The fourth-order valence-electron chi connectivity index (χ4n) is 1.47. The maximum absolute atomic E-state index is 10.5. The molecule has 0 unspecified atom stereocenters. The zero-order valence-corrected chi connectivity index (χ0v) is 10.6. The number of carboxylic acids is 1. The molecule has 1 aromatic carbocycles. The van der Waals surface area contributed by atoms with Crippen molar-refractivity contribution in [3.05, 3.63) is 35.4 Å². The number of carboxylic acid groups (broad SMARTS) is 1. The van der Waals surface area contributed by atoms with Crippen molar-refractivity contribution in [1.29, 1.82) is 0 Å². The average Bonchev–Trinajstić information content (AvgIpc) is 2.77. The van der Waals surface area contributed by atoms with Crippen LogP contribution in [0.4, 0.5) is 0 Å². The molecule has 0 aliphatic heterocycles. The Morgan fingerprint density at radius 1 is 1.44 bits per heavy atom. The summed E-state index contributed by atoms with van der Waals surface area (Å²) >= 11 is 1.11. The van der Waals surface area contributed by atoms with E-state index < -0.39 is 5.97 Å². The SMILES string of the molecule is Cc1ccccc1Cn1nnnc1SCC(=O)O. The van der Waals surface area contributed by atoms with E-state index in [9.17, 15) is 4.79 Å². The van der Waals surface area contributed by atoms with Crippen LogP contribution in [0.2, 0.25) is 0 Å². The van der Waals surface area contributed by atoms with Crippen molar-refractivity contribution in [1.82, 2.24) is 20.2 Å². The Hall–Kier alpha value is -1.89. The first-order valence-corrected chi connectivity index (χ1v) is 6.30. The summed E-state index contributed by atoms with van der Waals surface area (Å²) in [6, 6.07) is 7.95. The highest BCUT2D eigenvalue weighted by Gasteiger charge is 2.10. The number of carbonyl (C=O) groups is 1. The minimum absolute atomic E-state index is 0.0475. The largest absolute Gasteiger partial charge is 0.481 e. The zero-order valence-electron chi connectivity index (χ0n) is 9.78. The van der Waals surface area contributed by atoms with Crippen molar-refractivity contribution in [3.63, 3.8) is 0 Å². The van der Waals surface area contributed by atoms with Gasteiger partial charge in [0.1, 0.15) is 0 Å². The molecule has 1 heterocycles. The molecule has 0 aliphatic carbocycles. The van der Waals surface area contributed by atoms with Crippen LogP contribution in [-0.4, -0.2) is 37.0 Å². The van der Waals surface area contributed by atoms with E-state index in [2.05, 4.69) is 15.5 Å². The van der Waals surface area contributed by atoms with Crippen molar-refractivity contribution in [3.8, 4) is 0 Å². The number of aliphatic carboxylic acids is 1. The van der Waals surface area contributed by atoms with Crippen LogP contribution in [0.1, 0.15) is 11.1 Å². The standard InChI is InChI=1S/C11H12N4O2S/c1-8-4-2-3-5-9(8)6-15-11(12-13-14-15)18-7-10(16)17/h2-5H,6-7H2,1H3,(H,16,17). The van der Waals surface area contributed by atoms with E-state index in [0.29, 0.717) is 11.7 Å². The fraction of sp³-hybridized carbons (Fsp3) is 0.273. The Labute approximate surface area is 108 Å². The predicted octanol–water partition coefficient (Wildman–Crippen LogP) is 1.21. The monoisotopic (exact) mass is 264 g/mol. The molecule has 0 saturated carbocycles. The van der Waals surface area contributed by atoms with E-state index in [4.69, 9.17) is 5.11 Å². The molecule has 0 radical (unpaired) electrons. The van der Waals surface area contributed by atoms with Crippen LogP contribution in [0.25, 0.3) is 0 Å². The molecular weight excluding hydrogens is 252 g/mol. The second-order valence-corrected chi connectivity index (χ2v) is 4.67. The van der Waals surface area contributed by atoms with Crippen molar-refractivity contribution in [2.75, 3.05) is 5.75 Å². The van der Waals surface area contributed by atoms with Gasteiger partial charge in [-0.1, -0.05) is 36.0 Å². The van der Waals surface area contributed by atoms with Crippen molar-refractivity contribution in [2.24, 2.45) is 0 Å². The number of rotatable bonds is 5. The molecule has 94 valence electrons. The maximum Gasteiger partial charge on any atom is 0.313 e. The van der Waals surface area contributed by atoms with Gasteiger partial charge in [0.25, 0.3) is 0 Å². The first-order chi connectivity index (χ1) is 8.66. The summed E-state index contributed by atoms with van der Waals surface area (Å²) < 4.78 is 1.61. The molecular formula is C11H12N4O2S. The topological polar surface area (TPSA) is 80.9 Å². The van der Waals surface area contributed by atoms with Crippen molar-refractivity contribution >= 4 is 17.7 Å². The molecule has 0 spiro atoms. The quantitative estimate of drug-likeness (QED) is 0.817. The van der Waals surface area contributed by atoms with Gasteiger partial charge in [0.2, 0.25) is 5.16 Å². The average molecular weight is 264 g/mol. The van der Waals surface area contributed by atoms with Crippen LogP contribution in [0, 0.1) is 6.92 Å². The zero-order chi connectivity index (χ0) is 13.0. The lowest BCUT2D eigenvalue weighted by molar-refractivity contribution is -0.133.